The van der Waals surface area contributed by atoms with Gasteiger partial charge in [0.2, 0.25) is 0 Å². The van der Waals surface area contributed by atoms with Crippen LogP contribution in [-0.2, 0) is 0 Å². The van der Waals surface area contributed by atoms with Gasteiger partial charge in [0, 0.05) is 16.1 Å². The fourth-order valence-electron chi connectivity index (χ4n) is 1.79. The summed E-state index contributed by atoms with van der Waals surface area (Å²) in [7, 11) is 0. The number of allylic oxidation sites excluding steroid dienone is 1. The van der Waals surface area contributed by atoms with Crippen LogP contribution in [0.15, 0.2) is 10.9 Å². The Labute approximate surface area is 105 Å². The minimum atomic E-state index is 0.00335. The second-order valence-corrected chi connectivity index (χ2v) is 5.78. The fraction of sp³-hybridized carbons (Fsp3) is 0.364. The van der Waals surface area contributed by atoms with Crippen molar-refractivity contribution in [2.75, 3.05) is 0 Å². The monoisotopic (exact) mass is 331 g/mol. The van der Waals surface area contributed by atoms with E-state index in [1.54, 1.807) is 0 Å². The first-order valence-electron chi connectivity index (χ1n) is 4.72. The van der Waals surface area contributed by atoms with E-state index in [0.29, 0.717) is 0 Å². The molecule has 0 fully saturated rings. The summed E-state index contributed by atoms with van der Waals surface area (Å²) < 4.78 is 0. The number of rotatable bonds is 0. The van der Waals surface area contributed by atoms with Crippen molar-refractivity contribution in [1.82, 2.24) is 4.98 Å². The van der Waals surface area contributed by atoms with Gasteiger partial charge >= 0.3 is 0 Å². The first kappa shape index (κ1) is 11.1. The normalized spacial score (nSPS) is 24.0. The van der Waals surface area contributed by atoms with Gasteiger partial charge in [0.25, 0.3) is 5.56 Å². The number of nitrogens with one attached hydrogen (secondary N) is 1. The zero-order chi connectivity index (χ0) is 11.2. The van der Waals surface area contributed by atoms with Crippen LogP contribution in [0.4, 0.5) is 0 Å². The van der Waals surface area contributed by atoms with Gasteiger partial charge in [-0.25, -0.2) is 0 Å². The van der Waals surface area contributed by atoms with Crippen LogP contribution in [0.1, 0.15) is 27.2 Å². The number of pyridine rings is 1. The maximum atomic E-state index is 11.6. The van der Waals surface area contributed by atoms with Crippen LogP contribution in [0.3, 0.4) is 0 Å². The number of hydrogen-bond acceptors (Lipinski definition) is 1. The molecule has 1 aliphatic carbocycles. The molecule has 1 aromatic rings. The lowest BCUT2D eigenvalue weighted by Crippen LogP contribution is -2.20. The predicted molar refractivity (Wildman–Crippen MR) is 70.0 cm³/mol. The van der Waals surface area contributed by atoms with Gasteiger partial charge in [-0.05, 0) is 31.1 Å². The summed E-state index contributed by atoms with van der Waals surface area (Å²) in [6.07, 6.45) is 3.99. The molecule has 0 aromatic carbocycles. The van der Waals surface area contributed by atoms with E-state index in [4.69, 9.17) is 0 Å². The second-order valence-electron chi connectivity index (χ2n) is 3.74. The summed E-state index contributed by atoms with van der Waals surface area (Å²) in [6.45, 7) is 3.85. The highest BCUT2D eigenvalue weighted by Crippen LogP contribution is 2.39. The Morgan fingerprint density at radius 1 is 1.27 bits per heavy atom. The first-order valence-corrected chi connectivity index (χ1v) is 6.55. The lowest BCUT2D eigenvalue weighted by molar-refractivity contribution is 0.943. The molecule has 0 unspecified atom stereocenters. The van der Waals surface area contributed by atoms with E-state index in [1.165, 1.54) is 5.56 Å². The average Bonchev–Trinajstić information content (AvgIpc) is 2.20. The van der Waals surface area contributed by atoms with Gasteiger partial charge < -0.3 is 4.98 Å². The molecule has 0 bridgehead atoms. The molecule has 1 aromatic heterocycles. The summed E-state index contributed by atoms with van der Waals surface area (Å²) in [5.41, 5.74) is 3.97. The number of aromatic amines is 1. The zero-order valence-corrected chi connectivity index (χ0v) is 11.6. The zero-order valence-electron chi connectivity index (χ0n) is 8.47. The third-order valence-corrected chi connectivity index (χ3v) is 5.42. The lowest BCUT2D eigenvalue weighted by Gasteiger charge is -2.23. The number of aromatic nitrogens is 1. The minimum Gasteiger partial charge on any atom is -0.322 e. The molecule has 0 saturated heterocycles. The number of halogens is 2. The van der Waals surface area contributed by atoms with E-state index in [-0.39, 0.29) is 15.2 Å². The Bertz CT molecular complexity index is 490. The van der Waals surface area contributed by atoms with Crippen LogP contribution < -0.4 is 5.56 Å². The van der Waals surface area contributed by atoms with Gasteiger partial charge in [-0.3, -0.25) is 4.79 Å². The maximum Gasteiger partial charge on any atom is 0.251 e. The molecule has 0 radical (unpaired) electrons. The number of fused-ring (bicyclic) bond motifs is 1. The molecule has 1 N–H and O–H groups in total. The number of H-pyrrole nitrogens is 1. The summed E-state index contributed by atoms with van der Waals surface area (Å²) in [5.74, 6) is 0. The van der Waals surface area contributed by atoms with Crippen LogP contribution in [0, 0.1) is 13.8 Å². The summed E-state index contributed by atoms with van der Waals surface area (Å²) in [6, 6.07) is 0. The van der Waals surface area contributed by atoms with Crippen molar-refractivity contribution in [2.24, 2.45) is 0 Å². The largest absolute Gasteiger partial charge is 0.322 e. The molecule has 0 aliphatic heterocycles. The quantitative estimate of drug-likeness (QED) is 0.727. The topological polar surface area (TPSA) is 32.9 Å². The molecule has 2 rings (SSSR count). The first-order chi connectivity index (χ1) is 7.02. The average molecular weight is 333 g/mol. The third kappa shape index (κ3) is 1.74. The van der Waals surface area contributed by atoms with Gasteiger partial charge in [0.1, 0.15) is 0 Å². The standard InChI is InChI=1S/C11H11Br2NO/c1-5-6(2)11(15)14-8-4-3-7(12)10(13)9(5)8/h3-4,7,10H,1-2H3,(H,14,15)/t7-,10+/m0/s1. The highest BCUT2D eigenvalue weighted by molar-refractivity contribution is 9.12. The predicted octanol–water partition coefficient (Wildman–Crippen LogP) is 3.22. The van der Waals surface area contributed by atoms with Gasteiger partial charge in [0.05, 0.1) is 4.83 Å². The van der Waals surface area contributed by atoms with E-state index in [9.17, 15) is 4.79 Å². The van der Waals surface area contributed by atoms with E-state index in [2.05, 4.69) is 36.8 Å². The Morgan fingerprint density at radius 2 is 1.93 bits per heavy atom. The highest BCUT2D eigenvalue weighted by Gasteiger charge is 2.25. The molecular weight excluding hydrogens is 322 g/mol. The Morgan fingerprint density at radius 3 is 2.60 bits per heavy atom. The number of alkyl halides is 2. The van der Waals surface area contributed by atoms with E-state index in [0.717, 1.165) is 16.8 Å². The van der Waals surface area contributed by atoms with Crippen LogP contribution >= 0.6 is 31.9 Å². The van der Waals surface area contributed by atoms with Gasteiger partial charge in [-0.1, -0.05) is 37.9 Å². The van der Waals surface area contributed by atoms with Crippen LogP contribution in [0.5, 0.6) is 0 Å². The summed E-state index contributed by atoms with van der Waals surface area (Å²) >= 11 is 7.22. The Hall–Kier alpha value is -0.350. The highest BCUT2D eigenvalue weighted by atomic mass is 79.9. The Balaban J connectivity index is 2.75. The lowest BCUT2D eigenvalue weighted by atomic mass is 9.95. The second kappa shape index (κ2) is 3.91. The molecule has 0 spiro atoms. The third-order valence-electron chi connectivity index (χ3n) is 2.85. The van der Waals surface area contributed by atoms with Crippen LogP contribution in [0.2, 0.25) is 0 Å². The smallest absolute Gasteiger partial charge is 0.251 e. The van der Waals surface area contributed by atoms with Gasteiger partial charge in [0.15, 0.2) is 0 Å². The Kier molecular flexibility index (Phi) is 2.90. The summed E-state index contributed by atoms with van der Waals surface area (Å²) in [5, 5.41) is 0. The maximum absolute atomic E-state index is 11.6. The van der Waals surface area contributed by atoms with Crippen molar-refractivity contribution in [3.05, 3.63) is 38.8 Å². The molecule has 4 heteroatoms. The van der Waals surface area contributed by atoms with Crippen molar-refractivity contribution in [3.63, 3.8) is 0 Å². The van der Waals surface area contributed by atoms with Crippen LogP contribution in [0.25, 0.3) is 6.08 Å². The minimum absolute atomic E-state index is 0.00335. The molecule has 0 amide bonds. The molecule has 2 atom stereocenters. The number of hydrogen-bond donors (Lipinski definition) is 1. The van der Waals surface area contributed by atoms with E-state index in [1.807, 2.05) is 26.0 Å². The summed E-state index contributed by atoms with van der Waals surface area (Å²) in [4.78, 5) is 15.0. The molecule has 1 aliphatic rings. The molecule has 15 heavy (non-hydrogen) atoms. The van der Waals surface area contributed by atoms with Gasteiger partial charge in [-0.15, -0.1) is 0 Å². The van der Waals surface area contributed by atoms with Crippen LogP contribution in [-0.4, -0.2) is 9.81 Å². The van der Waals surface area contributed by atoms with Crippen molar-refractivity contribution >= 4 is 37.9 Å². The molecular formula is C11H11Br2NO. The molecule has 1 heterocycles. The molecule has 80 valence electrons. The molecule has 0 saturated carbocycles. The van der Waals surface area contributed by atoms with Crippen molar-refractivity contribution in [3.8, 4) is 0 Å². The van der Waals surface area contributed by atoms with E-state index >= 15 is 0 Å². The van der Waals surface area contributed by atoms with E-state index < -0.39 is 0 Å². The van der Waals surface area contributed by atoms with Gasteiger partial charge in [-0.2, -0.15) is 0 Å². The SMILES string of the molecule is Cc1c2c([nH]c(=O)c1C)C=C[C@H](Br)[C@H]2Br. The van der Waals surface area contributed by atoms with Crippen molar-refractivity contribution in [1.29, 1.82) is 0 Å². The van der Waals surface area contributed by atoms with Crippen molar-refractivity contribution < 1.29 is 0 Å². The molecule has 2 nitrogen and oxygen atoms in total. The van der Waals surface area contributed by atoms with Crippen molar-refractivity contribution in [2.45, 2.75) is 23.5 Å². The fourth-order valence-corrected chi connectivity index (χ4v) is 2.97.